The highest BCUT2D eigenvalue weighted by atomic mass is 16.5. The second-order valence-electron chi connectivity index (χ2n) is 10.4. The van der Waals surface area contributed by atoms with Crippen molar-refractivity contribution in [2.24, 2.45) is 5.73 Å². The number of hydrogen-bond acceptors (Lipinski definition) is 11. The number of rotatable bonds is 12. The molecule has 0 spiro atoms. The van der Waals surface area contributed by atoms with Crippen molar-refractivity contribution >= 4 is 23.6 Å². The predicted molar refractivity (Wildman–Crippen MR) is 162 cm³/mol. The van der Waals surface area contributed by atoms with Gasteiger partial charge in [-0.3, -0.25) is 26.0 Å². The molecule has 14 heteroatoms. The predicted octanol–water partition coefficient (Wildman–Crippen LogP) is 1.53. The van der Waals surface area contributed by atoms with Gasteiger partial charge in [-0.1, -0.05) is 43.0 Å². The number of benzene rings is 2. The van der Waals surface area contributed by atoms with Crippen molar-refractivity contribution in [2.75, 3.05) is 6.61 Å². The van der Waals surface area contributed by atoms with Crippen molar-refractivity contribution in [3.63, 3.8) is 0 Å². The van der Waals surface area contributed by atoms with Crippen LogP contribution in [0.4, 0.5) is 0 Å². The largest absolute Gasteiger partial charge is 0.458 e. The quantitative estimate of drug-likeness (QED) is 0.0513. The third-order valence-corrected chi connectivity index (χ3v) is 7.46. The third kappa shape index (κ3) is 6.96. The molecule has 6 N–H and O–H groups in total. The molecule has 5 rings (SSSR count). The number of amides is 2. The Morgan fingerprint density at radius 3 is 2.78 bits per heavy atom. The molecule has 2 aromatic heterocycles. The maximum atomic E-state index is 13.6. The molecule has 2 atom stereocenters. The molecule has 45 heavy (non-hydrogen) atoms. The van der Waals surface area contributed by atoms with Crippen molar-refractivity contribution < 1.29 is 19.1 Å². The van der Waals surface area contributed by atoms with Crippen LogP contribution in [0.5, 0.6) is 0 Å². The summed E-state index contributed by atoms with van der Waals surface area (Å²) in [5, 5.41) is 24.0. The fourth-order valence-electron chi connectivity index (χ4n) is 5.26. The number of nitrogens with two attached hydrogens (primary N) is 1. The Morgan fingerprint density at radius 1 is 1.20 bits per heavy atom. The van der Waals surface area contributed by atoms with Gasteiger partial charge < -0.3 is 15.4 Å². The normalized spacial score (nSPS) is 14.2. The van der Waals surface area contributed by atoms with E-state index in [0.717, 1.165) is 27.8 Å². The van der Waals surface area contributed by atoms with Crippen LogP contribution in [-0.2, 0) is 24.2 Å². The molecule has 1 aliphatic carbocycles. The van der Waals surface area contributed by atoms with Crippen LogP contribution in [0, 0.1) is 18.4 Å². The van der Waals surface area contributed by atoms with Gasteiger partial charge in [0.2, 0.25) is 0 Å². The van der Waals surface area contributed by atoms with Gasteiger partial charge in [0.25, 0.3) is 17.6 Å². The zero-order valence-corrected chi connectivity index (χ0v) is 24.5. The average molecular weight is 609 g/mol. The van der Waals surface area contributed by atoms with Crippen molar-refractivity contribution in [1.82, 2.24) is 40.8 Å². The minimum absolute atomic E-state index is 0.0115. The lowest BCUT2D eigenvalue weighted by Crippen LogP contribution is -2.46. The number of esters is 1. The van der Waals surface area contributed by atoms with E-state index in [4.69, 9.17) is 15.7 Å². The molecule has 2 heterocycles. The molecule has 1 unspecified atom stereocenters. The summed E-state index contributed by atoms with van der Waals surface area (Å²) in [7, 11) is 0. The Morgan fingerprint density at radius 2 is 2.00 bits per heavy atom. The molecule has 2 amide bonds. The third-order valence-electron chi connectivity index (χ3n) is 7.46. The SMILES string of the molecule is C=CCOC(=O)c1ccc2c(c1C)CC[C@@H]2NC(=O)c1cc(C(=O)NCc2cccc(CNC(N)NC#N)c2)nc2ncnn12. The summed E-state index contributed by atoms with van der Waals surface area (Å²) in [6, 6.07) is 12.1. The van der Waals surface area contributed by atoms with Crippen LogP contribution in [0.25, 0.3) is 5.78 Å². The molecule has 0 fully saturated rings. The number of ether oxygens (including phenoxy) is 1. The number of nitrogens with zero attached hydrogens (tertiary/aromatic N) is 5. The molecule has 4 aromatic rings. The first-order valence-electron chi connectivity index (χ1n) is 14.2. The number of fused-ring (bicyclic) bond motifs is 2. The van der Waals surface area contributed by atoms with Crippen molar-refractivity contribution in [3.05, 3.63) is 106 Å². The number of nitriles is 1. The van der Waals surface area contributed by atoms with E-state index in [2.05, 4.69) is 42.9 Å². The summed E-state index contributed by atoms with van der Waals surface area (Å²) in [5.74, 6) is -1.25. The van der Waals surface area contributed by atoms with E-state index < -0.39 is 24.1 Å². The number of nitrogens with one attached hydrogen (secondary N) is 4. The molecule has 230 valence electrons. The standard InChI is InChI=1S/C31H32N10O4/c1-3-11-45-29(44)22-7-8-23-21(18(22)2)9-10-24(23)39-28(43)26-13-25(40-31-37-17-38-41(26)31)27(42)34-14-19-5-4-6-20(12-19)15-35-30(33)36-16-32/h3-8,12-13,17,24,30,35-36H,1,9-11,14-15,33H2,2H3,(H,34,42)(H,39,43)/t24-,30?/m0/s1. The van der Waals surface area contributed by atoms with Crippen LogP contribution >= 0.6 is 0 Å². The summed E-state index contributed by atoms with van der Waals surface area (Å²) < 4.78 is 6.49. The van der Waals surface area contributed by atoms with Crippen LogP contribution in [-0.4, -0.2) is 50.3 Å². The van der Waals surface area contributed by atoms with Gasteiger partial charge in [0.05, 0.1) is 11.6 Å². The Kier molecular flexibility index (Phi) is 9.42. The monoisotopic (exact) mass is 608 g/mol. The fourth-order valence-corrected chi connectivity index (χ4v) is 5.26. The number of carbonyl (C=O) groups excluding carboxylic acids is 3. The van der Waals surface area contributed by atoms with Gasteiger partial charge in [0.1, 0.15) is 30.6 Å². The zero-order chi connectivity index (χ0) is 31.9. The smallest absolute Gasteiger partial charge is 0.338 e. The van der Waals surface area contributed by atoms with Crippen molar-refractivity contribution in [3.8, 4) is 6.19 Å². The molecule has 1 aliphatic rings. The second-order valence-corrected chi connectivity index (χ2v) is 10.4. The van der Waals surface area contributed by atoms with E-state index in [9.17, 15) is 14.4 Å². The van der Waals surface area contributed by atoms with E-state index in [-0.39, 0.29) is 36.4 Å². The second kappa shape index (κ2) is 13.8. The molecule has 0 bridgehead atoms. The summed E-state index contributed by atoms with van der Waals surface area (Å²) >= 11 is 0. The Labute approximate surface area is 258 Å². The van der Waals surface area contributed by atoms with Crippen molar-refractivity contribution in [2.45, 2.75) is 45.2 Å². The van der Waals surface area contributed by atoms with Crippen LogP contribution in [0.2, 0.25) is 0 Å². The van der Waals surface area contributed by atoms with Gasteiger partial charge >= 0.3 is 5.97 Å². The number of carbonyl (C=O) groups is 3. The first-order chi connectivity index (χ1) is 21.8. The topological polar surface area (TPSA) is 201 Å². The van der Waals surface area contributed by atoms with Crippen LogP contribution < -0.4 is 27.0 Å². The van der Waals surface area contributed by atoms with Gasteiger partial charge in [0, 0.05) is 19.2 Å². The summed E-state index contributed by atoms with van der Waals surface area (Å²) in [4.78, 5) is 47.6. The maximum Gasteiger partial charge on any atom is 0.338 e. The molecule has 0 saturated heterocycles. The average Bonchev–Trinajstić information content (AvgIpc) is 3.69. The lowest BCUT2D eigenvalue weighted by Gasteiger charge is -2.16. The van der Waals surface area contributed by atoms with Gasteiger partial charge in [-0.05, 0) is 53.6 Å². The maximum absolute atomic E-state index is 13.6. The minimum Gasteiger partial charge on any atom is -0.458 e. The zero-order valence-electron chi connectivity index (χ0n) is 24.5. The fraction of sp³-hybridized carbons (Fsp3) is 0.258. The molecule has 14 nitrogen and oxygen atoms in total. The van der Waals surface area contributed by atoms with Crippen LogP contribution in [0.15, 0.2) is 61.4 Å². The van der Waals surface area contributed by atoms with Gasteiger partial charge in [-0.2, -0.15) is 19.9 Å². The first kappa shape index (κ1) is 30.8. The van der Waals surface area contributed by atoms with Crippen LogP contribution in [0.3, 0.4) is 0 Å². The van der Waals surface area contributed by atoms with Gasteiger partial charge in [-0.15, -0.1) is 0 Å². The Hall–Kier alpha value is -5.65. The van der Waals surface area contributed by atoms with E-state index in [0.29, 0.717) is 24.9 Å². The Balaban J connectivity index is 1.28. The molecular formula is C31H32N10O4. The molecule has 0 radical (unpaired) electrons. The van der Waals surface area contributed by atoms with E-state index in [1.165, 1.54) is 23.0 Å². The van der Waals surface area contributed by atoms with E-state index >= 15 is 0 Å². The van der Waals surface area contributed by atoms with E-state index in [1.54, 1.807) is 12.3 Å². The van der Waals surface area contributed by atoms with Gasteiger partial charge in [-0.25, -0.2) is 9.78 Å². The summed E-state index contributed by atoms with van der Waals surface area (Å²) in [6.45, 7) is 6.19. The summed E-state index contributed by atoms with van der Waals surface area (Å²) in [6.07, 6.45) is 5.19. The van der Waals surface area contributed by atoms with Crippen molar-refractivity contribution in [1.29, 1.82) is 5.26 Å². The lowest BCUT2D eigenvalue weighted by atomic mass is 9.98. The molecule has 0 saturated carbocycles. The minimum atomic E-state index is -0.679. The number of aromatic nitrogens is 4. The highest BCUT2D eigenvalue weighted by Crippen LogP contribution is 2.35. The van der Waals surface area contributed by atoms with Crippen LogP contribution in [0.1, 0.15) is 71.6 Å². The van der Waals surface area contributed by atoms with Gasteiger partial charge in [0.15, 0.2) is 6.19 Å². The molecule has 0 aliphatic heterocycles. The number of hydrogen-bond donors (Lipinski definition) is 5. The van der Waals surface area contributed by atoms with E-state index in [1.807, 2.05) is 37.3 Å². The first-order valence-corrected chi connectivity index (χ1v) is 14.2. The Bertz CT molecular complexity index is 1810. The molecule has 2 aromatic carbocycles. The highest BCUT2D eigenvalue weighted by molar-refractivity contribution is 5.98. The highest BCUT2D eigenvalue weighted by Gasteiger charge is 2.29. The molecular weight excluding hydrogens is 576 g/mol. The lowest BCUT2D eigenvalue weighted by molar-refractivity contribution is 0.0548. The summed E-state index contributed by atoms with van der Waals surface area (Å²) in [5.41, 5.74) is 10.8.